The molecule has 4 rings (SSSR count). The van der Waals surface area contributed by atoms with Gasteiger partial charge in [-0.1, -0.05) is 19.1 Å². The third-order valence-corrected chi connectivity index (χ3v) is 5.60. The lowest BCUT2D eigenvalue weighted by atomic mass is 9.83. The van der Waals surface area contributed by atoms with E-state index in [2.05, 4.69) is 61.2 Å². The number of ether oxygens (including phenoxy) is 1. The Morgan fingerprint density at radius 2 is 1.96 bits per heavy atom. The number of nitrogens with zero attached hydrogens (tertiary/aromatic N) is 4. The molecule has 1 unspecified atom stereocenters. The molecule has 2 saturated heterocycles. The minimum Gasteiger partial charge on any atom is -0.376 e. The Hall–Kier alpha value is -1.88. The van der Waals surface area contributed by atoms with Crippen LogP contribution in [0, 0.1) is 19.3 Å². The molecular weight excluding hydrogens is 324 g/mol. The van der Waals surface area contributed by atoms with Crippen LogP contribution >= 0.6 is 0 Å². The van der Waals surface area contributed by atoms with Gasteiger partial charge in [-0.2, -0.15) is 0 Å². The Morgan fingerprint density at radius 3 is 2.65 bits per heavy atom. The van der Waals surface area contributed by atoms with E-state index in [1.165, 1.54) is 35.2 Å². The third kappa shape index (κ3) is 3.50. The van der Waals surface area contributed by atoms with Crippen molar-refractivity contribution in [2.75, 3.05) is 24.6 Å². The van der Waals surface area contributed by atoms with E-state index in [-0.39, 0.29) is 6.10 Å². The number of aromatic nitrogens is 3. The zero-order valence-corrected chi connectivity index (χ0v) is 16.5. The topological polar surface area (TPSA) is 43.2 Å². The van der Waals surface area contributed by atoms with E-state index >= 15 is 0 Å². The number of rotatable bonds is 4. The molecule has 0 saturated carbocycles. The summed E-state index contributed by atoms with van der Waals surface area (Å²) in [5.74, 6) is 0. The summed E-state index contributed by atoms with van der Waals surface area (Å²) in [6.45, 7) is 13.0. The Morgan fingerprint density at radius 1 is 1.15 bits per heavy atom. The molecule has 0 bridgehead atoms. The molecule has 0 spiro atoms. The summed E-state index contributed by atoms with van der Waals surface area (Å²) < 4.78 is 7.76. The molecule has 5 heteroatoms. The van der Waals surface area contributed by atoms with Crippen LogP contribution in [0.1, 0.15) is 44.2 Å². The SMILES string of the molecule is Cc1cc(N2CC(C)(C)C2)c(C)cc1-c1cn(CC2CCCCO2)nn1. The highest BCUT2D eigenvalue weighted by atomic mass is 16.5. The molecule has 2 aromatic rings. The summed E-state index contributed by atoms with van der Waals surface area (Å²) in [5.41, 5.74) is 6.50. The molecule has 0 N–H and O–H groups in total. The van der Waals surface area contributed by atoms with Crippen LogP contribution in [0.3, 0.4) is 0 Å². The van der Waals surface area contributed by atoms with E-state index < -0.39 is 0 Å². The zero-order chi connectivity index (χ0) is 18.3. The normalized spacial score (nSPS) is 22.3. The van der Waals surface area contributed by atoms with Crippen molar-refractivity contribution < 1.29 is 4.74 Å². The van der Waals surface area contributed by atoms with Crippen molar-refractivity contribution in [3.63, 3.8) is 0 Å². The number of hydrogen-bond acceptors (Lipinski definition) is 4. The quantitative estimate of drug-likeness (QED) is 0.833. The van der Waals surface area contributed by atoms with E-state index in [0.29, 0.717) is 5.41 Å². The van der Waals surface area contributed by atoms with E-state index in [4.69, 9.17) is 4.74 Å². The smallest absolute Gasteiger partial charge is 0.113 e. The summed E-state index contributed by atoms with van der Waals surface area (Å²) in [6.07, 6.45) is 5.89. The molecule has 1 aromatic heterocycles. The van der Waals surface area contributed by atoms with Crippen LogP contribution in [-0.2, 0) is 11.3 Å². The van der Waals surface area contributed by atoms with Gasteiger partial charge in [0.1, 0.15) is 5.69 Å². The van der Waals surface area contributed by atoms with Crippen LogP contribution in [0.4, 0.5) is 5.69 Å². The molecule has 2 aliphatic heterocycles. The molecular formula is C21H30N4O. The van der Waals surface area contributed by atoms with Gasteiger partial charge in [0.05, 0.1) is 18.8 Å². The van der Waals surface area contributed by atoms with Gasteiger partial charge in [-0.25, -0.2) is 4.68 Å². The van der Waals surface area contributed by atoms with Gasteiger partial charge in [0, 0.05) is 30.9 Å². The van der Waals surface area contributed by atoms with Gasteiger partial charge in [-0.3, -0.25) is 0 Å². The highest BCUT2D eigenvalue weighted by Crippen LogP contribution is 2.37. The van der Waals surface area contributed by atoms with Crippen molar-refractivity contribution in [3.8, 4) is 11.3 Å². The van der Waals surface area contributed by atoms with Crippen LogP contribution in [-0.4, -0.2) is 40.8 Å². The van der Waals surface area contributed by atoms with Crippen LogP contribution in [0.25, 0.3) is 11.3 Å². The lowest BCUT2D eigenvalue weighted by molar-refractivity contribution is 0.00370. The van der Waals surface area contributed by atoms with Crippen molar-refractivity contribution >= 4 is 5.69 Å². The fourth-order valence-electron chi connectivity index (χ4n) is 4.25. The Labute approximate surface area is 156 Å². The van der Waals surface area contributed by atoms with Crippen LogP contribution < -0.4 is 4.90 Å². The van der Waals surface area contributed by atoms with Gasteiger partial charge in [-0.15, -0.1) is 5.10 Å². The maximum absolute atomic E-state index is 5.82. The molecule has 0 aliphatic carbocycles. The van der Waals surface area contributed by atoms with Crippen molar-refractivity contribution in [3.05, 3.63) is 29.5 Å². The number of aryl methyl sites for hydroxylation is 2. The van der Waals surface area contributed by atoms with Crippen molar-refractivity contribution in [1.82, 2.24) is 15.0 Å². The predicted molar refractivity (Wildman–Crippen MR) is 105 cm³/mol. The summed E-state index contributed by atoms with van der Waals surface area (Å²) in [7, 11) is 0. The predicted octanol–water partition coefficient (Wildman–Crippen LogP) is 3.98. The van der Waals surface area contributed by atoms with E-state index in [0.717, 1.165) is 38.4 Å². The van der Waals surface area contributed by atoms with E-state index in [1.54, 1.807) is 0 Å². The molecule has 0 radical (unpaired) electrons. The standard InChI is InChI=1S/C21H30N4O/c1-15-10-20(24-13-21(3,4)14-24)16(2)9-18(15)19-12-25(23-22-19)11-17-7-5-6-8-26-17/h9-10,12,17H,5-8,11,13-14H2,1-4H3. The summed E-state index contributed by atoms with van der Waals surface area (Å²) in [4.78, 5) is 2.48. The lowest BCUT2D eigenvalue weighted by Gasteiger charge is -2.48. The molecule has 26 heavy (non-hydrogen) atoms. The molecule has 140 valence electrons. The average Bonchev–Trinajstić information content (AvgIpc) is 3.03. The highest BCUT2D eigenvalue weighted by molar-refractivity contribution is 5.70. The third-order valence-electron chi connectivity index (χ3n) is 5.60. The molecule has 2 fully saturated rings. The van der Waals surface area contributed by atoms with Crippen LogP contribution in [0.5, 0.6) is 0 Å². The molecule has 0 amide bonds. The second-order valence-corrected chi connectivity index (χ2v) is 8.79. The second-order valence-electron chi connectivity index (χ2n) is 8.79. The van der Waals surface area contributed by atoms with E-state index in [1.807, 2.05) is 4.68 Å². The monoisotopic (exact) mass is 354 g/mol. The van der Waals surface area contributed by atoms with Gasteiger partial charge >= 0.3 is 0 Å². The molecule has 1 atom stereocenters. The first-order valence-corrected chi connectivity index (χ1v) is 9.80. The van der Waals surface area contributed by atoms with Crippen molar-refractivity contribution in [1.29, 1.82) is 0 Å². The highest BCUT2D eigenvalue weighted by Gasteiger charge is 2.35. The number of benzene rings is 1. The average molecular weight is 354 g/mol. The maximum atomic E-state index is 5.82. The first kappa shape index (κ1) is 17.5. The van der Waals surface area contributed by atoms with Gasteiger partial charge in [0.15, 0.2) is 0 Å². The first-order valence-electron chi connectivity index (χ1n) is 9.80. The fourth-order valence-corrected chi connectivity index (χ4v) is 4.25. The van der Waals surface area contributed by atoms with Gasteiger partial charge < -0.3 is 9.64 Å². The Balaban J connectivity index is 1.52. The van der Waals surface area contributed by atoms with E-state index in [9.17, 15) is 0 Å². The Bertz CT molecular complexity index is 781. The first-order chi connectivity index (χ1) is 12.4. The minimum atomic E-state index is 0.276. The lowest BCUT2D eigenvalue weighted by Crippen LogP contribution is -2.53. The van der Waals surface area contributed by atoms with Crippen LogP contribution in [0.2, 0.25) is 0 Å². The fraction of sp³-hybridized carbons (Fsp3) is 0.619. The number of anilines is 1. The summed E-state index contributed by atoms with van der Waals surface area (Å²) in [5, 5.41) is 8.77. The maximum Gasteiger partial charge on any atom is 0.113 e. The summed E-state index contributed by atoms with van der Waals surface area (Å²) >= 11 is 0. The van der Waals surface area contributed by atoms with Crippen molar-refractivity contribution in [2.24, 2.45) is 5.41 Å². The largest absolute Gasteiger partial charge is 0.376 e. The molecule has 3 heterocycles. The molecule has 1 aromatic carbocycles. The van der Waals surface area contributed by atoms with Gasteiger partial charge in [0.25, 0.3) is 0 Å². The minimum absolute atomic E-state index is 0.276. The molecule has 2 aliphatic rings. The second kappa shape index (κ2) is 6.69. The zero-order valence-electron chi connectivity index (χ0n) is 16.5. The summed E-state index contributed by atoms with van der Waals surface area (Å²) in [6, 6.07) is 4.57. The van der Waals surface area contributed by atoms with Gasteiger partial charge in [-0.05, 0) is 61.8 Å². The Kier molecular flexibility index (Phi) is 4.51. The van der Waals surface area contributed by atoms with Crippen molar-refractivity contribution in [2.45, 2.75) is 59.6 Å². The number of hydrogen-bond donors (Lipinski definition) is 0. The van der Waals surface area contributed by atoms with Crippen LogP contribution in [0.15, 0.2) is 18.3 Å². The molecule has 5 nitrogen and oxygen atoms in total. The van der Waals surface area contributed by atoms with Gasteiger partial charge in [0.2, 0.25) is 0 Å².